The van der Waals surface area contributed by atoms with Crippen LogP contribution in [0.2, 0.25) is 0 Å². The molecular weight excluding hydrogens is 304 g/mol. The highest BCUT2D eigenvalue weighted by molar-refractivity contribution is 5.85. The molecule has 2 aliphatic rings. The monoisotopic (exact) mass is 332 g/mol. The van der Waals surface area contributed by atoms with Crippen LogP contribution < -0.4 is 11.1 Å². The maximum absolute atomic E-state index is 12.0. The number of nitrogens with one attached hydrogen (secondary N) is 1. The van der Waals surface area contributed by atoms with Crippen molar-refractivity contribution in [2.45, 2.75) is 51.1 Å². The standard InChI is InChI=1S/C15H28N4O2.ClH/c1-12(16)15(21)19-9-7-18(8-10-19)11-14(20)17-13-5-3-2-4-6-13;/h12-13H,2-11,16H2,1H3,(H,17,20);1H. The van der Waals surface area contributed by atoms with Crippen molar-refractivity contribution in [1.82, 2.24) is 15.1 Å². The molecule has 0 aromatic heterocycles. The third-order valence-electron chi connectivity index (χ3n) is 4.41. The molecule has 7 heteroatoms. The Morgan fingerprint density at radius 1 is 1.14 bits per heavy atom. The van der Waals surface area contributed by atoms with E-state index in [-0.39, 0.29) is 24.2 Å². The molecule has 1 heterocycles. The summed E-state index contributed by atoms with van der Waals surface area (Å²) < 4.78 is 0. The van der Waals surface area contributed by atoms with Gasteiger partial charge in [-0.15, -0.1) is 12.4 Å². The lowest BCUT2D eigenvalue weighted by molar-refractivity contribution is -0.134. The van der Waals surface area contributed by atoms with Crippen molar-refractivity contribution in [3.05, 3.63) is 0 Å². The van der Waals surface area contributed by atoms with Crippen molar-refractivity contribution in [3.8, 4) is 0 Å². The first-order valence-electron chi connectivity index (χ1n) is 8.12. The Balaban J connectivity index is 0.00000242. The second kappa shape index (κ2) is 9.33. The lowest BCUT2D eigenvalue weighted by atomic mass is 9.95. The number of piperazine rings is 1. The molecule has 1 aliphatic heterocycles. The van der Waals surface area contributed by atoms with Crippen LogP contribution in [0.25, 0.3) is 0 Å². The second-order valence-electron chi connectivity index (χ2n) is 6.29. The summed E-state index contributed by atoms with van der Waals surface area (Å²) in [7, 11) is 0. The molecule has 22 heavy (non-hydrogen) atoms. The highest BCUT2D eigenvalue weighted by Gasteiger charge is 2.24. The smallest absolute Gasteiger partial charge is 0.239 e. The van der Waals surface area contributed by atoms with Gasteiger partial charge in [0.15, 0.2) is 0 Å². The van der Waals surface area contributed by atoms with Crippen LogP contribution in [0.15, 0.2) is 0 Å². The van der Waals surface area contributed by atoms with E-state index in [0.29, 0.717) is 25.7 Å². The molecule has 0 radical (unpaired) electrons. The van der Waals surface area contributed by atoms with Crippen LogP contribution in [0.4, 0.5) is 0 Å². The van der Waals surface area contributed by atoms with Crippen molar-refractivity contribution >= 4 is 24.2 Å². The zero-order valence-electron chi connectivity index (χ0n) is 13.4. The summed E-state index contributed by atoms with van der Waals surface area (Å²) in [4.78, 5) is 27.7. The number of hydrogen-bond acceptors (Lipinski definition) is 4. The number of nitrogens with two attached hydrogens (primary N) is 1. The number of amides is 2. The molecule has 3 N–H and O–H groups in total. The van der Waals surface area contributed by atoms with Crippen LogP contribution >= 0.6 is 12.4 Å². The predicted octanol–water partition coefficient (Wildman–Crippen LogP) is 0.349. The van der Waals surface area contributed by atoms with Crippen molar-refractivity contribution in [3.63, 3.8) is 0 Å². The van der Waals surface area contributed by atoms with Crippen LogP contribution in [0.5, 0.6) is 0 Å². The first-order valence-corrected chi connectivity index (χ1v) is 8.12. The lowest BCUT2D eigenvalue weighted by Crippen LogP contribution is -2.54. The third-order valence-corrected chi connectivity index (χ3v) is 4.41. The SMILES string of the molecule is CC(N)C(=O)N1CCN(CC(=O)NC2CCCCC2)CC1.Cl. The molecule has 2 rings (SSSR count). The summed E-state index contributed by atoms with van der Waals surface area (Å²) in [6.45, 7) is 4.98. The number of nitrogens with zero attached hydrogens (tertiary/aromatic N) is 2. The highest BCUT2D eigenvalue weighted by atomic mass is 35.5. The lowest BCUT2D eigenvalue weighted by Gasteiger charge is -2.35. The fourth-order valence-electron chi connectivity index (χ4n) is 3.14. The van der Waals surface area contributed by atoms with Crippen LogP contribution in [-0.4, -0.2) is 66.4 Å². The van der Waals surface area contributed by atoms with E-state index in [1.165, 1.54) is 19.3 Å². The summed E-state index contributed by atoms with van der Waals surface area (Å²) in [6.07, 6.45) is 5.97. The summed E-state index contributed by atoms with van der Waals surface area (Å²) in [5.74, 6) is 0.121. The number of carbonyl (C=O) groups is 2. The third kappa shape index (κ3) is 5.74. The first-order chi connectivity index (χ1) is 10.1. The predicted molar refractivity (Wildman–Crippen MR) is 88.9 cm³/mol. The van der Waals surface area contributed by atoms with Gasteiger partial charge < -0.3 is 16.0 Å². The van der Waals surface area contributed by atoms with E-state index < -0.39 is 6.04 Å². The Morgan fingerprint density at radius 3 is 2.27 bits per heavy atom. The van der Waals surface area contributed by atoms with Crippen molar-refractivity contribution in [2.24, 2.45) is 5.73 Å². The molecule has 1 saturated carbocycles. The van der Waals surface area contributed by atoms with E-state index in [0.717, 1.165) is 25.9 Å². The van der Waals surface area contributed by atoms with Gasteiger partial charge in [0.25, 0.3) is 0 Å². The van der Waals surface area contributed by atoms with Gasteiger partial charge in [-0.1, -0.05) is 19.3 Å². The largest absolute Gasteiger partial charge is 0.352 e. The van der Waals surface area contributed by atoms with Crippen LogP contribution in [-0.2, 0) is 9.59 Å². The molecule has 2 amide bonds. The summed E-state index contributed by atoms with van der Waals surface area (Å²) in [6, 6.07) is -0.0710. The average Bonchev–Trinajstić information content (AvgIpc) is 2.48. The van der Waals surface area contributed by atoms with Gasteiger partial charge >= 0.3 is 0 Å². The van der Waals surface area contributed by atoms with Gasteiger partial charge in [0.1, 0.15) is 0 Å². The molecule has 6 nitrogen and oxygen atoms in total. The normalized spacial score (nSPS) is 21.8. The summed E-state index contributed by atoms with van der Waals surface area (Å²) >= 11 is 0. The molecule has 0 spiro atoms. The topological polar surface area (TPSA) is 78.7 Å². The van der Waals surface area contributed by atoms with Crippen LogP contribution in [0.1, 0.15) is 39.0 Å². The molecule has 0 bridgehead atoms. The Bertz CT molecular complexity index is 365. The van der Waals surface area contributed by atoms with Gasteiger partial charge in [-0.3, -0.25) is 14.5 Å². The maximum atomic E-state index is 12.0. The Morgan fingerprint density at radius 2 is 1.73 bits per heavy atom. The molecular formula is C15H29ClN4O2. The van der Waals surface area contributed by atoms with Gasteiger partial charge in [-0.05, 0) is 19.8 Å². The molecule has 1 unspecified atom stereocenters. The highest BCUT2D eigenvalue weighted by Crippen LogP contribution is 2.17. The fraction of sp³-hybridized carbons (Fsp3) is 0.867. The van der Waals surface area contributed by atoms with Crippen molar-refractivity contribution in [1.29, 1.82) is 0 Å². The van der Waals surface area contributed by atoms with Gasteiger partial charge in [-0.2, -0.15) is 0 Å². The first kappa shape index (κ1) is 19.2. The van der Waals surface area contributed by atoms with Crippen LogP contribution in [0, 0.1) is 0 Å². The second-order valence-corrected chi connectivity index (χ2v) is 6.29. The minimum absolute atomic E-state index is 0. The Hall–Kier alpha value is -0.850. The Kier molecular flexibility index (Phi) is 8.14. The quantitative estimate of drug-likeness (QED) is 0.778. The van der Waals surface area contributed by atoms with Gasteiger partial charge in [0, 0.05) is 32.2 Å². The molecule has 128 valence electrons. The summed E-state index contributed by atoms with van der Waals surface area (Å²) in [5.41, 5.74) is 5.62. The van der Waals surface area contributed by atoms with E-state index in [4.69, 9.17) is 5.73 Å². The van der Waals surface area contributed by atoms with Crippen molar-refractivity contribution < 1.29 is 9.59 Å². The summed E-state index contributed by atoms with van der Waals surface area (Å²) in [5, 5.41) is 3.14. The number of hydrogen-bond donors (Lipinski definition) is 2. The molecule has 2 fully saturated rings. The number of halogens is 1. The van der Waals surface area contributed by atoms with E-state index in [1.807, 2.05) is 0 Å². The van der Waals surface area contributed by atoms with Gasteiger partial charge in [0.05, 0.1) is 12.6 Å². The molecule has 1 saturated heterocycles. The average molecular weight is 333 g/mol. The maximum Gasteiger partial charge on any atom is 0.239 e. The molecule has 0 aromatic carbocycles. The van der Waals surface area contributed by atoms with Crippen LogP contribution in [0.3, 0.4) is 0 Å². The van der Waals surface area contributed by atoms with Gasteiger partial charge in [0.2, 0.25) is 11.8 Å². The zero-order chi connectivity index (χ0) is 15.2. The number of carbonyl (C=O) groups excluding carboxylic acids is 2. The van der Waals surface area contributed by atoms with Crippen molar-refractivity contribution in [2.75, 3.05) is 32.7 Å². The van der Waals surface area contributed by atoms with Gasteiger partial charge in [-0.25, -0.2) is 0 Å². The van der Waals surface area contributed by atoms with E-state index in [1.54, 1.807) is 11.8 Å². The van der Waals surface area contributed by atoms with E-state index in [9.17, 15) is 9.59 Å². The Labute approximate surface area is 139 Å². The fourth-order valence-corrected chi connectivity index (χ4v) is 3.14. The minimum Gasteiger partial charge on any atom is -0.352 e. The van der Waals surface area contributed by atoms with E-state index in [2.05, 4.69) is 10.2 Å². The molecule has 0 aromatic rings. The minimum atomic E-state index is -0.439. The van der Waals surface area contributed by atoms with E-state index >= 15 is 0 Å². The zero-order valence-corrected chi connectivity index (χ0v) is 14.2. The number of rotatable bonds is 4. The molecule has 1 atom stereocenters. The molecule has 1 aliphatic carbocycles.